The zero-order valence-electron chi connectivity index (χ0n) is 12.4. The standard InChI is InChI=1S/C17H21N3O/c1-12-14-5-3-4-6-15(14)17(21)13(2)16(12)20-9-7-19(11-18)8-10-20/h3-6H,1,7-11,18H2,2H3. The fourth-order valence-corrected chi connectivity index (χ4v) is 3.19. The zero-order chi connectivity index (χ0) is 15.0. The molecule has 4 heteroatoms. The molecule has 0 saturated carbocycles. The number of fused-ring (bicyclic) bond motifs is 1. The molecule has 1 aliphatic carbocycles. The molecule has 0 spiro atoms. The maximum absolute atomic E-state index is 12.6. The largest absolute Gasteiger partial charge is 0.368 e. The summed E-state index contributed by atoms with van der Waals surface area (Å²) < 4.78 is 0. The number of allylic oxidation sites excluding steroid dienone is 2. The smallest absolute Gasteiger partial charge is 0.191 e. The van der Waals surface area contributed by atoms with Crippen LogP contribution in [0.2, 0.25) is 0 Å². The van der Waals surface area contributed by atoms with E-state index in [1.807, 2.05) is 31.2 Å². The lowest BCUT2D eigenvalue weighted by atomic mass is 9.85. The van der Waals surface area contributed by atoms with Gasteiger partial charge in [0.05, 0.1) is 5.70 Å². The monoisotopic (exact) mass is 283 g/mol. The van der Waals surface area contributed by atoms with Crippen molar-refractivity contribution in [2.45, 2.75) is 6.92 Å². The Kier molecular flexibility index (Phi) is 3.66. The number of carbonyl (C=O) groups excluding carboxylic acids is 1. The van der Waals surface area contributed by atoms with Gasteiger partial charge < -0.3 is 10.6 Å². The number of carbonyl (C=O) groups is 1. The molecule has 2 aliphatic rings. The summed E-state index contributed by atoms with van der Waals surface area (Å²) in [5.41, 5.74) is 10.2. The van der Waals surface area contributed by atoms with Crippen LogP contribution >= 0.6 is 0 Å². The van der Waals surface area contributed by atoms with E-state index >= 15 is 0 Å². The van der Waals surface area contributed by atoms with Gasteiger partial charge in [-0.2, -0.15) is 0 Å². The van der Waals surface area contributed by atoms with Crippen LogP contribution in [0.15, 0.2) is 42.1 Å². The molecule has 1 aliphatic heterocycles. The molecule has 0 unspecified atom stereocenters. The summed E-state index contributed by atoms with van der Waals surface area (Å²) in [4.78, 5) is 17.1. The Labute approximate surface area is 125 Å². The van der Waals surface area contributed by atoms with E-state index in [4.69, 9.17) is 5.73 Å². The Morgan fingerprint density at radius 2 is 1.76 bits per heavy atom. The first kappa shape index (κ1) is 14.0. The third-order valence-electron chi connectivity index (χ3n) is 4.43. The van der Waals surface area contributed by atoms with Gasteiger partial charge in [0.2, 0.25) is 0 Å². The highest BCUT2D eigenvalue weighted by atomic mass is 16.1. The third kappa shape index (κ3) is 2.30. The van der Waals surface area contributed by atoms with Crippen LogP contribution in [0.3, 0.4) is 0 Å². The van der Waals surface area contributed by atoms with Crippen molar-refractivity contribution in [3.8, 4) is 0 Å². The summed E-state index contributed by atoms with van der Waals surface area (Å²) in [5, 5.41) is 0. The van der Waals surface area contributed by atoms with Crippen molar-refractivity contribution in [2.75, 3.05) is 32.8 Å². The van der Waals surface area contributed by atoms with Crippen molar-refractivity contribution >= 4 is 11.4 Å². The minimum Gasteiger partial charge on any atom is -0.368 e. The first-order valence-electron chi connectivity index (χ1n) is 7.35. The number of rotatable bonds is 2. The number of nitrogens with two attached hydrogens (primary N) is 1. The molecule has 1 fully saturated rings. The van der Waals surface area contributed by atoms with Gasteiger partial charge in [0.25, 0.3) is 0 Å². The molecule has 110 valence electrons. The Morgan fingerprint density at radius 1 is 1.14 bits per heavy atom. The normalized spacial score (nSPS) is 20.0. The lowest BCUT2D eigenvalue weighted by Crippen LogP contribution is -2.48. The van der Waals surface area contributed by atoms with E-state index in [2.05, 4.69) is 16.4 Å². The van der Waals surface area contributed by atoms with Gasteiger partial charge in [0.1, 0.15) is 0 Å². The zero-order valence-corrected chi connectivity index (χ0v) is 12.4. The predicted molar refractivity (Wildman–Crippen MR) is 84.7 cm³/mol. The molecule has 1 aromatic rings. The van der Waals surface area contributed by atoms with Crippen molar-refractivity contribution in [1.29, 1.82) is 0 Å². The van der Waals surface area contributed by atoms with Gasteiger partial charge in [-0.05, 0) is 18.1 Å². The number of ketones is 1. The molecule has 1 aromatic carbocycles. The average molecular weight is 283 g/mol. The Morgan fingerprint density at radius 3 is 2.38 bits per heavy atom. The molecule has 0 bridgehead atoms. The molecule has 1 heterocycles. The predicted octanol–water partition coefficient (Wildman–Crippen LogP) is 1.70. The molecule has 4 nitrogen and oxygen atoms in total. The summed E-state index contributed by atoms with van der Waals surface area (Å²) in [6.45, 7) is 10.4. The van der Waals surface area contributed by atoms with Crippen LogP contribution in [-0.4, -0.2) is 48.4 Å². The second-order valence-corrected chi connectivity index (χ2v) is 5.61. The van der Waals surface area contributed by atoms with Gasteiger partial charge in [-0.15, -0.1) is 0 Å². The van der Waals surface area contributed by atoms with E-state index in [0.717, 1.165) is 54.1 Å². The molecule has 1 saturated heterocycles. The van der Waals surface area contributed by atoms with E-state index in [0.29, 0.717) is 6.67 Å². The van der Waals surface area contributed by atoms with E-state index in [1.54, 1.807) is 0 Å². The lowest BCUT2D eigenvalue weighted by Gasteiger charge is -2.39. The van der Waals surface area contributed by atoms with Gasteiger partial charge in [0.15, 0.2) is 5.78 Å². The minimum absolute atomic E-state index is 0.120. The number of nitrogens with zero attached hydrogens (tertiary/aromatic N) is 2. The van der Waals surface area contributed by atoms with Crippen LogP contribution < -0.4 is 5.73 Å². The van der Waals surface area contributed by atoms with Gasteiger partial charge in [-0.3, -0.25) is 9.69 Å². The summed E-state index contributed by atoms with van der Waals surface area (Å²) in [6.07, 6.45) is 0. The second-order valence-electron chi connectivity index (χ2n) is 5.61. The Balaban J connectivity index is 1.94. The number of benzene rings is 1. The molecular formula is C17H21N3O. The maximum Gasteiger partial charge on any atom is 0.191 e. The van der Waals surface area contributed by atoms with Crippen molar-refractivity contribution in [2.24, 2.45) is 5.73 Å². The molecule has 0 aromatic heterocycles. The van der Waals surface area contributed by atoms with Crippen LogP contribution in [0, 0.1) is 0 Å². The fourth-order valence-electron chi connectivity index (χ4n) is 3.19. The van der Waals surface area contributed by atoms with Gasteiger partial charge >= 0.3 is 0 Å². The SMILES string of the molecule is C=C1C(N2CCN(CN)CC2)=C(C)C(=O)c2ccccc21. The number of piperazine rings is 1. The fraction of sp³-hybridized carbons (Fsp3) is 0.353. The van der Waals surface area contributed by atoms with Crippen LogP contribution in [0.25, 0.3) is 5.57 Å². The number of hydrogen-bond donors (Lipinski definition) is 1. The summed E-state index contributed by atoms with van der Waals surface area (Å²) in [7, 11) is 0. The molecule has 0 atom stereocenters. The van der Waals surface area contributed by atoms with Gasteiger partial charge in [-0.25, -0.2) is 0 Å². The van der Waals surface area contributed by atoms with Crippen molar-refractivity contribution in [1.82, 2.24) is 9.80 Å². The van der Waals surface area contributed by atoms with Crippen molar-refractivity contribution < 1.29 is 4.79 Å². The average Bonchev–Trinajstić information content (AvgIpc) is 2.53. The van der Waals surface area contributed by atoms with E-state index in [-0.39, 0.29) is 5.78 Å². The highest BCUT2D eigenvalue weighted by Crippen LogP contribution is 2.36. The molecule has 2 N–H and O–H groups in total. The Bertz CT molecular complexity index is 625. The third-order valence-corrected chi connectivity index (χ3v) is 4.43. The van der Waals surface area contributed by atoms with Crippen LogP contribution in [0.5, 0.6) is 0 Å². The summed E-state index contributed by atoms with van der Waals surface area (Å²) in [6, 6.07) is 7.73. The number of hydrogen-bond acceptors (Lipinski definition) is 4. The molecule has 0 amide bonds. The molecular weight excluding hydrogens is 262 g/mol. The second kappa shape index (κ2) is 5.47. The molecule has 0 radical (unpaired) electrons. The van der Waals surface area contributed by atoms with Gasteiger partial charge in [0, 0.05) is 44.0 Å². The topological polar surface area (TPSA) is 49.6 Å². The van der Waals surface area contributed by atoms with Crippen LogP contribution in [-0.2, 0) is 0 Å². The molecule has 21 heavy (non-hydrogen) atoms. The highest BCUT2D eigenvalue weighted by Gasteiger charge is 2.30. The van der Waals surface area contributed by atoms with Crippen molar-refractivity contribution in [3.63, 3.8) is 0 Å². The first-order valence-corrected chi connectivity index (χ1v) is 7.35. The minimum atomic E-state index is 0.120. The first-order chi connectivity index (χ1) is 10.1. The summed E-state index contributed by atoms with van der Waals surface area (Å²) >= 11 is 0. The molecule has 3 rings (SSSR count). The van der Waals surface area contributed by atoms with Crippen LogP contribution in [0.4, 0.5) is 0 Å². The van der Waals surface area contributed by atoms with Gasteiger partial charge in [-0.1, -0.05) is 30.8 Å². The maximum atomic E-state index is 12.6. The summed E-state index contributed by atoms with van der Waals surface area (Å²) in [5.74, 6) is 0.120. The van der Waals surface area contributed by atoms with E-state index in [1.165, 1.54) is 0 Å². The van der Waals surface area contributed by atoms with E-state index < -0.39 is 0 Å². The lowest BCUT2D eigenvalue weighted by molar-refractivity contribution is 0.102. The highest BCUT2D eigenvalue weighted by molar-refractivity contribution is 6.16. The number of Topliss-reactive ketones (excluding diaryl/α,β-unsaturated/α-hetero) is 1. The quantitative estimate of drug-likeness (QED) is 0.897. The Hall–Kier alpha value is -1.91. The van der Waals surface area contributed by atoms with Crippen LogP contribution in [0.1, 0.15) is 22.8 Å². The van der Waals surface area contributed by atoms with Crippen molar-refractivity contribution in [3.05, 3.63) is 53.2 Å². The van der Waals surface area contributed by atoms with E-state index in [9.17, 15) is 4.79 Å².